The van der Waals surface area contributed by atoms with Crippen molar-refractivity contribution in [2.75, 3.05) is 13.7 Å². The van der Waals surface area contributed by atoms with Gasteiger partial charge in [-0.15, -0.1) is 0 Å². The fourth-order valence-electron chi connectivity index (χ4n) is 1.72. The summed E-state index contributed by atoms with van der Waals surface area (Å²) in [5.41, 5.74) is 6.55. The number of methoxy groups -OCH3 is 1. The molecule has 2 rings (SSSR count). The Hall–Kier alpha value is -1.00. The van der Waals surface area contributed by atoms with Gasteiger partial charge >= 0.3 is 0 Å². The Balaban J connectivity index is 2.07. The van der Waals surface area contributed by atoms with E-state index in [4.69, 9.17) is 10.5 Å². The van der Waals surface area contributed by atoms with Gasteiger partial charge in [0.15, 0.2) is 5.82 Å². The van der Waals surface area contributed by atoms with Crippen LogP contribution in [0.2, 0.25) is 0 Å². The second kappa shape index (κ2) is 4.68. The lowest BCUT2D eigenvalue weighted by molar-refractivity contribution is 0.0771. The average Bonchev–Trinajstić information content (AvgIpc) is 3.06. The van der Waals surface area contributed by atoms with Crippen LogP contribution < -0.4 is 5.73 Å². The van der Waals surface area contributed by atoms with Crippen molar-refractivity contribution in [1.29, 1.82) is 0 Å². The zero-order valence-electron chi connectivity index (χ0n) is 9.02. The van der Waals surface area contributed by atoms with E-state index in [1.165, 1.54) is 12.8 Å². The summed E-state index contributed by atoms with van der Waals surface area (Å²) >= 11 is 0. The lowest BCUT2D eigenvalue weighted by Gasteiger charge is -2.12. The van der Waals surface area contributed by atoms with Crippen LogP contribution in [-0.4, -0.2) is 23.6 Å². The van der Waals surface area contributed by atoms with Gasteiger partial charge in [-0.05, 0) is 37.3 Å². The van der Waals surface area contributed by atoms with Crippen LogP contribution in [0.4, 0.5) is 0 Å². The molecular weight excluding hydrogens is 190 g/mol. The van der Waals surface area contributed by atoms with Crippen molar-refractivity contribution in [3.05, 3.63) is 23.8 Å². The van der Waals surface area contributed by atoms with E-state index in [-0.39, 0.29) is 6.10 Å². The predicted octanol–water partition coefficient (Wildman–Crippen LogP) is 1.08. The van der Waals surface area contributed by atoms with Crippen molar-refractivity contribution < 1.29 is 4.74 Å². The van der Waals surface area contributed by atoms with Crippen LogP contribution in [0.5, 0.6) is 0 Å². The summed E-state index contributed by atoms with van der Waals surface area (Å²) in [6.45, 7) is 0.638. The molecule has 0 bridgehead atoms. The molecule has 0 aromatic carbocycles. The SMILES string of the molecule is COC(c1ncc(CCN)cn1)C1CC1. The lowest BCUT2D eigenvalue weighted by atomic mass is 10.2. The zero-order valence-corrected chi connectivity index (χ0v) is 9.02. The van der Waals surface area contributed by atoms with Crippen LogP contribution in [0.1, 0.15) is 30.3 Å². The molecule has 1 fully saturated rings. The van der Waals surface area contributed by atoms with Gasteiger partial charge in [-0.2, -0.15) is 0 Å². The number of aromatic nitrogens is 2. The minimum atomic E-state index is 0.0805. The Morgan fingerprint density at radius 3 is 2.60 bits per heavy atom. The molecule has 4 nitrogen and oxygen atoms in total. The van der Waals surface area contributed by atoms with Crippen molar-refractivity contribution >= 4 is 0 Å². The standard InChI is InChI=1S/C11H17N3O/c1-15-10(9-2-3-9)11-13-6-8(4-5-12)7-14-11/h6-7,9-10H,2-5,12H2,1H3. The second-order valence-electron chi connectivity index (χ2n) is 3.98. The van der Waals surface area contributed by atoms with E-state index < -0.39 is 0 Å². The Kier molecular flexibility index (Phi) is 3.28. The van der Waals surface area contributed by atoms with E-state index in [0.717, 1.165) is 17.8 Å². The first-order valence-corrected chi connectivity index (χ1v) is 5.39. The van der Waals surface area contributed by atoms with E-state index in [0.29, 0.717) is 12.5 Å². The molecule has 15 heavy (non-hydrogen) atoms. The highest BCUT2D eigenvalue weighted by atomic mass is 16.5. The van der Waals surface area contributed by atoms with Crippen LogP contribution in [0, 0.1) is 5.92 Å². The highest BCUT2D eigenvalue weighted by Gasteiger charge is 2.34. The third kappa shape index (κ3) is 2.52. The van der Waals surface area contributed by atoms with E-state index in [2.05, 4.69) is 9.97 Å². The number of nitrogens with two attached hydrogens (primary N) is 1. The first-order valence-electron chi connectivity index (χ1n) is 5.39. The molecule has 1 aromatic heterocycles. The van der Waals surface area contributed by atoms with Gasteiger partial charge in [0.05, 0.1) is 0 Å². The molecule has 0 amide bonds. The van der Waals surface area contributed by atoms with Crippen LogP contribution in [0.15, 0.2) is 12.4 Å². The van der Waals surface area contributed by atoms with Gasteiger partial charge in [0.1, 0.15) is 6.10 Å². The summed E-state index contributed by atoms with van der Waals surface area (Å²) in [6.07, 6.45) is 7.07. The molecule has 1 heterocycles. The molecule has 2 N–H and O–H groups in total. The lowest BCUT2D eigenvalue weighted by Crippen LogP contribution is -2.10. The first-order chi connectivity index (χ1) is 7.35. The molecule has 1 aliphatic carbocycles. The third-order valence-electron chi connectivity index (χ3n) is 2.72. The molecular formula is C11H17N3O. The maximum atomic E-state index is 5.46. The average molecular weight is 207 g/mol. The van der Waals surface area contributed by atoms with Crippen molar-refractivity contribution in [2.24, 2.45) is 11.7 Å². The second-order valence-corrected chi connectivity index (χ2v) is 3.98. The summed E-state index contributed by atoms with van der Waals surface area (Å²) in [5.74, 6) is 1.43. The number of hydrogen-bond donors (Lipinski definition) is 1. The summed E-state index contributed by atoms with van der Waals surface area (Å²) in [5, 5.41) is 0. The molecule has 1 unspecified atom stereocenters. The minimum absolute atomic E-state index is 0.0805. The smallest absolute Gasteiger partial charge is 0.157 e. The van der Waals surface area contributed by atoms with Gasteiger partial charge < -0.3 is 10.5 Å². The Bertz CT molecular complexity index is 308. The van der Waals surface area contributed by atoms with Gasteiger partial charge in [-0.3, -0.25) is 0 Å². The van der Waals surface area contributed by atoms with Gasteiger partial charge in [0.2, 0.25) is 0 Å². The predicted molar refractivity (Wildman–Crippen MR) is 57.3 cm³/mol. The number of ether oxygens (including phenoxy) is 1. The molecule has 1 atom stereocenters. The van der Waals surface area contributed by atoms with E-state index >= 15 is 0 Å². The van der Waals surface area contributed by atoms with Crippen LogP contribution in [-0.2, 0) is 11.2 Å². The molecule has 0 saturated heterocycles. The largest absolute Gasteiger partial charge is 0.373 e. The van der Waals surface area contributed by atoms with Gasteiger partial charge in [-0.1, -0.05) is 0 Å². The summed E-state index contributed by atoms with van der Waals surface area (Å²) in [4.78, 5) is 8.68. The fraction of sp³-hybridized carbons (Fsp3) is 0.636. The number of hydrogen-bond acceptors (Lipinski definition) is 4. The maximum Gasteiger partial charge on any atom is 0.157 e. The van der Waals surface area contributed by atoms with Crippen LogP contribution in [0.3, 0.4) is 0 Å². The number of nitrogens with zero attached hydrogens (tertiary/aromatic N) is 2. The highest BCUT2D eigenvalue weighted by Crippen LogP contribution is 2.41. The van der Waals surface area contributed by atoms with Crippen molar-refractivity contribution in [3.63, 3.8) is 0 Å². The van der Waals surface area contributed by atoms with E-state index in [1.807, 2.05) is 12.4 Å². The maximum absolute atomic E-state index is 5.46. The Morgan fingerprint density at radius 1 is 1.47 bits per heavy atom. The zero-order chi connectivity index (χ0) is 10.7. The number of rotatable bonds is 5. The molecule has 1 aromatic rings. The summed E-state index contributed by atoms with van der Waals surface area (Å²) in [6, 6.07) is 0. The molecule has 4 heteroatoms. The topological polar surface area (TPSA) is 61.0 Å². The molecule has 1 saturated carbocycles. The van der Waals surface area contributed by atoms with Crippen LogP contribution >= 0.6 is 0 Å². The molecule has 0 spiro atoms. The monoisotopic (exact) mass is 207 g/mol. The first kappa shape index (κ1) is 10.5. The fourth-order valence-corrected chi connectivity index (χ4v) is 1.72. The third-order valence-corrected chi connectivity index (χ3v) is 2.72. The molecule has 0 aliphatic heterocycles. The van der Waals surface area contributed by atoms with Gasteiger partial charge in [-0.25, -0.2) is 9.97 Å². The molecule has 82 valence electrons. The summed E-state index contributed by atoms with van der Waals surface area (Å²) < 4.78 is 5.41. The van der Waals surface area contributed by atoms with Crippen LogP contribution in [0.25, 0.3) is 0 Å². The quantitative estimate of drug-likeness (QED) is 0.784. The minimum Gasteiger partial charge on any atom is -0.373 e. The van der Waals surface area contributed by atoms with E-state index in [1.54, 1.807) is 7.11 Å². The normalized spacial score (nSPS) is 17.7. The molecule has 1 aliphatic rings. The Labute approximate surface area is 89.9 Å². The van der Waals surface area contributed by atoms with Gasteiger partial charge in [0.25, 0.3) is 0 Å². The van der Waals surface area contributed by atoms with Gasteiger partial charge in [0, 0.05) is 19.5 Å². The van der Waals surface area contributed by atoms with Crippen molar-refractivity contribution in [2.45, 2.75) is 25.4 Å². The van der Waals surface area contributed by atoms with Crippen molar-refractivity contribution in [3.8, 4) is 0 Å². The highest BCUT2D eigenvalue weighted by molar-refractivity contribution is 5.08. The Morgan fingerprint density at radius 2 is 2.13 bits per heavy atom. The molecule has 0 radical (unpaired) electrons. The van der Waals surface area contributed by atoms with E-state index in [9.17, 15) is 0 Å². The van der Waals surface area contributed by atoms with Crippen molar-refractivity contribution in [1.82, 2.24) is 9.97 Å². The summed E-state index contributed by atoms with van der Waals surface area (Å²) in [7, 11) is 1.72.